The van der Waals surface area contributed by atoms with E-state index in [0.29, 0.717) is 18.7 Å². The maximum atomic E-state index is 13.8. The van der Waals surface area contributed by atoms with Gasteiger partial charge in [0.25, 0.3) is 5.91 Å². The van der Waals surface area contributed by atoms with Gasteiger partial charge < -0.3 is 25.0 Å². The number of fused-ring (bicyclic) bond motifs is 2. The largest absolute Gasteiger partial charge is 0.477 e. The summed E-state index contributed by atoms with van der Waals surface area (Å²) in [6.07, 6.45) is 5.86. The van der Waals surface area contributed by atoms with Crippen LogP contribution in [0.4, 0.5) is 11.4 Å². The third-order valence-corrected chi connectivity index (χ3v) is 8.19. The number of carboxylic acids is 1. The van der Waals surface area contributed by atoms with Crippen LogP contribution in [0.3, 0.4) is 0 Å². The van der Waals surface area contributed by atoms with Crippen molar-refractivity contribution in [2.24, 2.45) is 0 Å². The van der Waals surface area contributed by atoms with E-state index in [0.717, 1.165) is 65.1 Å². The summed E-state index contributed by atoms with van der Waals surface area (Å²) in [7, 11) is 0. The number of carbonyl (C=O) groups is 2. The van der Waals surface area contributed by atoms with Gasteiger partial charge in [-0.15, -0.1) is 0 Å². The van der Waals surface area contributed by atoms with Crippen molar-refractivity contribution in [3.05, 3.63) is 118 Å². The summed E-state index contributed by atoms with van der Waals surface area (Å²) in [5.74, 6) is -1.10. The van der Waals surface area contributed by atoms with Crippen molar-refractivity contribution < 1.29 is 19.8 Å². The van der Waals surface area contributed by atoms with Crippen LogP contribution in [0.25, 0.3) is 5.57 Å². The van der Waals surface area contributed by atoms with Gasteiger partial charge in [-0.25, -0.2) is 4.79 Å². The summed E-state index contributed by atoms with van der Waals surface area (Å²) in [6, 6.07) is 20.7. The number of rotatable bonds is 5. The number of hydrogen-bond donors (Lipinski definition) is 3. The summed E-state index contributed by atoms with van der Waals surface area (Å²) in [4.78, 5) is 31.2. The van der Waals surface area contributed by atoms with Crippen LogP contribution in [0.1, 0.15) is 76.3 Å². The van der Waals surface area contributed by atoms with Gasteiger partial charge in [-0.05, 0) is 110 Å². The van der Waals surface area contributed by atoms with Crippen LogP contribution >= 0.6 is 0 Å². The first kappa shape index (κ1) is 29.8. The number of carbonyl (C=O) groups excluding carboxylic acids is 1. The number of pyridine rings is 1. The van der Waals surface area contributed by atoms with E-state index in [4.69, 9.17) is 0 Å². The van der Waals surface area contributed by atoms with Crippen LogP contribution in [0.15, 0.2) is 84.7 Å². The second-order valence-corrected chi connectivity index (χ2v) is 11.0. The molecule has 1 aliphatic heterocycles. The Morgan fingerprint density at radius 3 is 2.56 bits per heavy atom. The molecule has 0 saturated carbocycles. The molecule has 1 aliphatic carbocycles. The van der Waals surface area contributed by atoms with E-state index in [1.165, 1.54) is 5.57 Å². The van der Waals surface area contributed by atoms with Gasteiger partial charge in [0.2, 0.25) is 0 Å². The number of carboxylic acid groups (broad SMARTS) is 1. The molecule has 0 spiro atoms. The molecule has 0 radical (unpaired) electrons. The lowest BCUT2D eigenvalue weighted by Gasteiger charge is -2.25. The zero-order chi connectivity index (χ0) is 30.5. The lowest BCUT2D eigenvalue weighted by atomic mass is 9.84. The highest BCUT2D eigenvalue weighted by Crippen LogP contribution is 2.35. The van der Waals surface area contributed by atoms with Crippen molar-refractivity contribution in [2.45, 2.75) is 59.2 Å². The third kappa shape index (κ3) is 6.39. The van der Waals surface area contributed by atoms with Gasteiger partial charge in [0.1, 0.15) is 5.69 Å². The first-order valence-corrected chi connectivity index (χ1v) is 14.7. The van der Waals surface area contributed by atoms with Crippen molar-refractivity contribution in [1.29, 1.82) is 0 Å². The van der Waals surface area contributed by atoms with E-state index < -0.39 is 12.1 Å². The second-order valence-electron chi connectivity index (χ2n) is 11.0. The summed E-state index contributed by atoms with van der Waals surface area (Å²) in [5, 5.41) is 23.0. The van der Waals surface area contributed by atoms with Gasteiger partial charge in [0, 0.05) is 35.9 Å². The average molecular weight is 579 g/mol. The maximum Gasteiger partial charge on any atom is 0.352 e. The number of amides is 1. The lowest BCUT2D eigenvalue weighted by molar-refractivity contribution is 0.0685. The van der Waals surface area contributed by atoms with Crippen molar-refractivity contribution in [1.82, 2.24) is 9.55 Å². The summed E-state index contributed by atoms with van der Waals surface area (Å²) in [5.41, 5.74) is 8.66. The fraction of sp³-hybridized carbons (Fsp3) is 0.286. The summed E-state index contributed by atoms with van der Waals surface area (Å²) < 4.78 is 1.77. The smallest absolute Gasteiger partial charge is 0.352 e. The highest BCUT2D eigenvalue weighted by Gasteiger charge is 2.28. The van der Waals surface area contributed by atoms with E-state index >= 15 is 0 Å². The van der Waals surface area contributed by atoms with Crippen molar-refractivity contribution >= 4 is 28.8 Å². The molecular weight excluding hydrogens is 540 g/mol. The molecule has 3 heterocycles. The Kier molecular flexibility index (Phi) is 9.07. The zero-order valence-electron chi connectivity index (χ0n) is 24.9. The van der Waals surface area contributed by atoms with E-state index in [-0.39, 0.29) is 11.6 Å². The molecule has 4 aromatic rings. The Bertz CT molecular complexity index is 1660. The Labute approximate surface area is 252 Å². The van der Waals surface area contributed by atoms with Gasteiger partial charge in [-0.3, -0.25) is 9.78 Å². The SMILES string of the molecule is CC1=C(c2ccc(C(=O)N3Cc4ccc(C(=O)O)n4Cc4ccccc43)cc2C)CCC[C@H]1O.CCNc1cccnc1. The molecule has 0 bridgehead atoms. The quantitative estimate of drug-likeness (QED) is 0.248. The first-order valence-electron chi connectivity index (χ1n) is 14.7. The monoisotopic (exact) mass is 578 g/mol. The highest BCUT2D eigenvalue weighted by molar-refractivity contribution is 6.07. The maximum absolute atomic E-state index is 13.8. The molecule has 8 nitrogen and oxygen atoms in total. The molecule has 222 valence electrons. The number of nitrogens with zero attached hydrogens (tertiary/aromatic N) is 3. The van der Waals surface area contributed by atoms with Gasteiger partial charge in [0.15, 0.2) is 0 Å². The number of aromatic nitrogens is 2. The van der Waals surface area contributed by atoms with Gasteiger partial charge in [-0.1, -0.05) is 24.3 Å². The van der Waals surface area contributed by atoms with E-state index in [1.54, 1.807) is 27.8 Å². The fourth-order valence-electron chi connectivity index (χ4n) is 5.92. The Morgan fingerprint density at radius 2 is 1.84 bits per heavy atom. The molecule has 0 saturated heterocycles. The minimum absolute atomic E-state index is 0.122. The Hall–Kier alpha value is -4.69. The minimum atomic E-state index is -0.979. The van der Waals surface area contributed by atoms with Crippen LogP contribution in [-0.2, 0) is 13.1 Å². The number of anilines is 2. The molecule has 43 heavy (non-hydrogen) atoms. The molecule has 0 unspecified atom stereocenters. The summed E-state index contributed by atoms with van der Waals surface area (Å²) in [6.45, 7) is 7.71. The van der Waals surface area contributed by atoms with E-state index in [1.807, 2.05) is 74.6 Å². The molecule has 1 atom stereocenters. The number of benzene rings is 2. The molecular formula is C35H38N4O4. The number of aromatic carboxylic acids is 1. The second kappa shape index (κ2) is 13.1. The van der Waals surface area contributed by atoms with Crippen molar-refractivity contribution in [3.8, 4) is 0 Å². The normalized spacial score (nSPS) is 15.9. The molecule has 6 rings (SSSR count). The molecule has 8 heteroatoms. The predicted molar refractivity (Wildman–Crippen MR) is 169 cm³/mol. The average Bonchev–Trinajstić information content (AvgIpc) is 3.33. The number of allylic oxidation sites excluding steroid dienone is 1. The highest BCUT2D eigenvalue weighted by atomic mass is 16.4. The fourth-order valence-corrected chi connectivity index (χ4v) is 5.92. The van der Waals surface area contributed by atoms with Crippen LogP contribution in [-0.4, -0.2) is 44.3 Å². The predicted octanol–water partition coefficient (Wildman–Crippen LogP) is 6.54. The number of hydrogen-bond acceptors (Lipinski definition) is 5. The Morgan fingerprint density at radius 1 is 1.02 bits per heavy atom. The van der Waals surface area contributed by atoms with E-state index in [9.17, 15) is 19.8 Å². The van der Waals surface area contributed by atoms with Crippen LogP contribution in [0.2, 0.25) is 0 Å². The van der Waals surface area contributed by atoms with Crippen LogP contribution in [0.5, 0.6) is 0 Å². The van der Waals surface area contributed by atoms with Gasteiger partial charge >= 0.3 is 5.97 Å². The van der Waals surface area contributed by atoms with Crippen LogP contribution < -0.4 is 10.2 Å². The molecule has 2 aromatic carbocycles. The number of aliphatic hydroxyl groups excluding tert-OH is 1. The topological polar surface area (TPSA) is 108 Å². The minimum Gasteiger partial charge on any atom is -0.477 e. The molecule has 1 amide bonds. The zero-order valence-corrected chi connectivity index (χ0v) is 24.9. The number of aliphatic hydroxyl groups is 1. The number of nitrogens with one attached hydrogen (secondary N) is 1. The number of aryl methyl sites for hydroxylation is 1. The third-order valence-electron chi connectivity index (χ3n) is 8.19. The first-order chi connectivity index (χ1) is 20.8. The Balaban J connectivity index is 0.000000351. The molecule has 0 fully saturated rings. The molecule has 2 aliphatic rings. The van der Waals surface area contributed by atoms with Crippen LogP contribution in [0, 0.1) is 6.92 Å². The molecule has 2 aromatic heterocycles. The standard InChI is InChI=1S/C28H28N2O4.C7H10N2/c1-17-14-19(10-12-22(17)23-7-5-9-26(31)18(23)2)27(32)30-16-21-11-13-25(28(33)34)29(21)15-20-6-3-4-8-24(20)30;1-2-9-7-4-3-5-8-6-7/h3-4,6,8,10-14,26,31H,5,7,9,15-16H2,1-2H3,(H,33,34);3-6,9H,2H2,1H3/t26-;/m1./s1. The van der Waals surface area contributed by atoms with Gasteiger partial charge in [0.05, 0.1) is 24.9 Å². The lowest BCUT2D eigenvalue weighted by Crippen LogP contribution is -2.30. The number of para-hydroxylation sites is 1. The van der Waals surface area contributed by atoms with E-state index in [2.05, 4.69) is 17.2 Å². The van der Waals surface area contributed by atoms with Gasteiger partial charge in [-0.2, -0.15) is 0 Å². The molecule has 3 N–H and O–H groups in total. The summed E-state index contributed by atoms with van der Waals surface area (Å²) >= 11 is 0. The van der Waals surface area contributed by atoms with Crippen molar-refractivity contribution in [2.75, 3.05) is 16.8 Å². The van der Waals surface area contributed by atoms with Crippen molar-refractivity contribution in [3.63, 3.8) is 0 Å².